The van der Waals surface area contributed by atoms with E-state index in [2.05, 4.69) is 44.6 Å². The SMILES string of the molecule is CC(C)(C)OC(=O)N1CCN(c2ccc(-c3cccc4nc(NC(=O)C5CC5)nn34)cc2)CC1. The van der Waals surface area contributed by atoms with Gasteiger partial charge in [-0.3, -0.25) is 10.1 Å². The molecule has 0 unspecified atom stereocenters. The number of anilines is 2. The predicted octanol–water partition coefficient (Wildman–Crippen LogP) is 3.80. The van der Waals surface area contributed by atoms with Crippen molar-refractivity contribution in [2.45, 2.75) is 39.2 Å². The van der Waals surface area contributed by atoms with Crippen molar-refractivity contribution in [2.24, 2.45) is 5.92 Å². The Labute approximate surface area is 198 Å². The molecule has 178 valence electrons. The molecule has 1 aromatic carbocycles. The number of amides is 2. The molecule has 2 fully saturated rings. The molecule has 2 aliphatic rings. The van der Waals surface area contributed by atoms with E-state index in [9.17, 15) is 9.59 Å². The van der Waals surface area contributed by atoms with Gasteiger partial charge in [0.15, 0.2) is 5.65 Å². The van der Waals surface area contributed by atoms with Crippen LogP contribution < -0.4 is 10.2 Å². The first-order valence-electron chi connectivity index (χ1n) is 11.8. The summed E-state index contributed by atoms with van der Waals surface area (Å²) in [6.45, 7) is 8.41. The summed E-state index contributed by atoms with van der Waals surface area (Å²) < 4.78 is 7.25. The molecule has 1 aliphatic carbocycles. The molecule has 34 heavy (non-hydrogen) atoms. The topological polar surface area (TPSA) is 92.1 Å². The van der Waals surface area contributed by atoms with Crippen LogP contribution in [-0.4, -0.2) is 63.3 Å². The number of nitrogens with zero attached hydrogens (tertiary/aromatic N) is 5. The Morgan fingerprint density at radius 1 is 1.00 bits per heavy atom. The van der Waals surface area contributed by atoms with Crippen LogP contribution in [0, 0.1) is 5.92 Å². The highest BCUT2D eigenvalue weighted by molar-refractivity contribution is 5.92. The molecule has 2 amide bonds. The Morgan fingerprint density at radius 2 is 1.71 bits per heavy atom. The third-order valence-corrected chi connectivity index (χ3v) is 6.00. The summed E-state index contributed by atoms with van der Waals surface area (Å²) in [7, 11) is 0. The van der Waals surface area contributed by atoms with Crippen molar-refractivity contribution < 1.29 is 14.3 Å². The van der Waals surface area contributed by atoms with Crippen molar-refractivity contribution in [3.05, 3.63) is 42.5 Å². The number of ether oxygens (including phenoxy) is 1. The predicted molar refractivity (Wildman–Crippen MR) is 130 cm³/mol. The van der Waals surface area contributed by atoms with Crippen LogP contribution in [-0.2, 0) is 9.53 Å². The van der Waals surface area contributed by atoms with Crippen molar-refractivity contribution in [3.8, 4) is 11.3 Å². The Bertz CT molecular complexity index is 1200. The number of nitrogens with one attached hydrogen (secondary N) is 1. The minimum atomic E-state index is -0.486. The van der Waals surface area contributed by atoms with Crippen molar-refractivity contribution in [1.29, 1.82) is 0 Å². The number of carbonyl (C=O) groups excluding carboxylic acids is 2. The summed E-state index contributed by atoms with van der Waals surface area (Å²) in [6.07, 6.45) is 1.62. The average Bonchev–Trinajstić information content (AvgIpc) is 3.58. The van der Waals surface area contributed by atoms with Crippen LogP contribution in [0.4, 0.5) is 16.4 Å². The zero-order valence-electron chi connectivity index (χ0n) is 19.8. The van der Waals surface area contributed by atoms with Crippen LogP contribution in [0.5, 0.6) is 0 Å². The standard InChI is InChI=1S/C25H30N6O3/c1-25(2,3)34-24(33)30-15-13-29(14-16-30)19-11-9-17(10-12-19)20-5-4-6-21-26-23(28-31(20)21)27-22(32)18-7-8-18/h4-6,9-12,18H,7-8,13-16H2,1-3H3,(H,27,28,32). The van der Waals surface area contributed by atoms with Crippen LogP contribution in [0.2, 0.25) is 0 Å². The number of hydrogen-bond donors (Lipinski definition) is 1. The Hall–Kier alpha value is -3.62. The van der Waals surface area contributed by atoms with Gasteiger partial charge in [0.1, 0.15) is 5.60 Å². The molecule has 2 aromatic heterocycles. The molecule has 9 heteroatoms. The quantitative estimate of drug-likeness (QED) is 0.634. The van der Waals surface area contributed by atoms with Gasteiger partial charge in [-0.1, -0.05) is 18.2 Å². The highest BCUT2D eigenvalue weighted by atomic mass is 16.6. The van der Waals surface area contributed by atoms with E-state index in [1.165, 1.54) is 0 Å². The molecular formula is C25H30N6O3. The first kappa shape index (κ1) is 22.2. The second kappa shape index (κ2) is 8.62. The molecular weight excluding hydrogens is 432 g/mol. The lowest BCUT2D eigenvalue weighted by Crippen LogP contribution is -2.50. The first-order chi connectivity index (χ1) is 16.3. The minimum Gasteiger partial charge on any atom is -0.444 e. The van der Waals surface area contributed by atoms with Gasteiger partial charge in [0.25, 0.3) is 0 Å². The van der Waals surface area contributed by atoms with E-state index < -0.39 is 5.60 Å². The maximum atomic E-state index is 12.3. The lowest BCUT2D eigenvalue weighted by Gasteiger charge is -2.36. The van der Waals surface area contributed by atoms with Crippen molar-refractivity contribution >= 4 is 29.3 Å². The van der Waals surface area contributed by atoms with Gasteiger partial charge in [-0.2, -0.15) is 4.98 Å². The number of pyridine rings is 1. The number of aromatic nitrogens is 3. The molecule has 1 saturated carbocycles. The number of fused-ring (bicyclic) bond motifs is 1. The van der Waals surface area contributed by atoms with Gasteiger partial charge in [-0.25, -0.2) is 9.31 Å². The molecule has 3 heterocycles. The first-order valence-corrected chi connectivity index (χ1v) is 11.8. The molecule has 0 bridgehead atoms. The molecule has 1 aliphatic heterocycles. The molecule has 1 N–H and O–H groups in total. The third kappa shape index (κ3) is 4.83. The fourth-order valence-electron chi connectivity index (χ4n) is 4.05. The summed E-state index contributed by atoms with van der Waals surface area (Å²) >= 11 is 0. The van der Waals surface area contributed by atoms with Crippen LogP contribution in [0.3, 0.4) is 0 Å². The van der Waals surface area contributed by atoms with Crippen molar-refractivity contribution in [1.82, 2.24) is 19.5 Å². The van der Waals surface area contributed by atoms with Gasteiger partial charge >= 0.3 is 6.09 Å². The molecule has 0 atom stereocenters. The van der Waals surface area contributed by atoms with Gasteiger partial charge in [-0.15, -0.1) is 5.10 Å². The van der Waals surface area contributed by atoms with Gasteiger partial charge in [0, 0.05) is 43.3 Å². The zero-order chi connectivity index (χ0) is 23.9. The maximum absolute atomic E-state index is 12.3. The molecule has 0 radical (unpaired) electrons. The van der Waals surface area contributed by atoms with E-state index in [1.807, 2.05) is 39.0 Å². The fraction of sp³-hybridized carbons (Fsp3) is 0.440. The molecule has 9 nitrogen and oxygen atoms in total. The highest BCUT2D eigenvalue weighted by Gasteiger charge is 2.30. The lowest BCUT2D eigenvalue weighted by atomic mass is 10.1. The van der Waals surface area contributed by atoms with E-state index >= 15 is 0 Å². The smallest absolute Gasteiger partial charge is 0.410 e. The van der Waals surface area contributed by atoms with E-state index in [1.54, 1.807) is 9.42 Å². The monoisotopic (exact) mass is 462 g/mol. The van der Waals surface area contributed by atoms with Gasteiger partial charge in [0.05, 0.1) is 5.69 Å². The Morgan fingerprint density at radius 3 is 2.35 bits per heavy atom. The third-order valence-electron chi connectivity index (χ3n) is 6.00. The second-order valence-electron chi connectivity index (χ2n) is 9.88. The normalized spacial score (nSPS) is 16.6. The molecule has 5 rings (SSSR count). The minimum absolute atomic E-state index is 0.00595. The number of rotatable bonds is 4. The summed E-state index contributed by atoms with van der Waals surface area (Å²) in [4.78, 5) is 32.9. The Kier molecular flexibility index (Phi) is 5.63. The highest BCUT2D eigenvalue weighted by Crippen LogP contribution is 2.30. The molecule has 1 saturated heterocycles. The van der Waals surface area contributed by atoms with Crippen LogP contribution in [0.15, 0.2) is 42.5 Å². The van der Waals surface area contributed by atoms with Crippen molar-refractivity contribution in [2.75, 3.05) is 36.4 Å². The van der Waals surface area contributed by atoms with Gasteiger partial charge < -0.3 is 14.5 Å². The second-order valence-corrected chi connectivity index (χ2v) is 9.88. The van der Waals surface area contributed by atoms with Crippen LogP contribution >= 0.6 is 0 Å². The van der Waals surface area contributed by atoms with Crippen LogP contribution in [0.1, 0.15) is 33.6 Å². The Balaban J connectivity index is 1.27. The van der Waals surface area contributed by atoms with Gasteiger partial charge in [0.2, 0.25) is 11.9 Å². The van der Waals surface area contributed by atoms with E-state index in [0.29, 0.717) is 24.7 Å². The number of piperazine rings is 1. The van der Waals surface area contributed by atoms with E-state index in [-0.39, 0.29) is 17.9 Å². The summed E-state index contributed by atoms with van der Waals surface area (Å²) in [6, 6.07) is 14.1. The number of hydrogen-bond acceptors (Lipinski definition) is 6. The van der Waals surface area contributed by atoms with E-state index in [4.69, 9.17) is 4.74 Å². The molecule has 3 aromatic rings. The largest absolute Gasteiger partial charge is 0.444 e. The summed E-state index contributed by atoms with van der Waals surface area (Å²) in [5.74, 6) is 0.432. The lowest BCUT2D eigenvalue weighted by molar-refractivity contribution is -0.117. The number of carbonyl (C=O) groups is 2. The summed E-state index contributed by atoms with van der Waals surface area (Å²) in [5, 5.41) is 7.34. The maximum Gasteiger partial charge on any atom is 0.410 e. The van der Waals surface area contributed by atoms with Crippen molar-refractivity contribution in [3.63, 3.8) is 0 Å². The van der Waals surface area contributed by atoms with E-state index in [0.717, 1.165) is 42.9 Å². The summed E-state index contributed by atoms with van der Waals surface area (Å²) in [5.41, 5.74) is 3.22. The molecule has 0 spiro atoms. The average molecular weight is 463 g/mol. The zero-order valence-corrected chi connectivity index (χ0v) is 19.8. The number of benzene rings is 1. The van der Waals surface area contributed by atoms with Crippen LogP contribution in [0.25, 0.3) is 16.9 Å². The van der Waals surface area contributed by atoms with Gasteiger partial charge in [-0.05, 0) is 57.9 Å². The fourth-order valence-corrected chi connectivity index (χ4v) is 4.05.